The third-order valence-corrected chi connectivity index (χ3v) is 4.98. The second kappa shape index (κ2) is 7.40. The van der Waals surface area contributed by atoms with E-state index in [2.05, 4.69) is 10.3 Å². The SMILES string of the molecule is Cc1nc(CCNC(=O)[C@@H]2CCCN(C(N)=O)C2)sc1C(=O)O. The van der Waals surface area contributed by atoms with Crippen LogP contribution >= 0.6 is 11.3 Å². The molecule has 1 aromatic heterocycles. The molecule has 2 heterocycles. The van der Waals surface area contributed by atoms with Crippen LogP contribution in [0.3, 0.4) is 0 Å². The predicted molar refractivity (Wildman–Crippen MR) is 84.4 cm³/mol. The molecule has 3 amide bonds. The topological polar surface area (TPSA) is 126 Å². The van der Waals surface area contributed by atoms with Crippen LogP contribution in [0.5, 0.6) is 0 Å². The Morgan fingerprint density at radius 1 is 1.48 bits per heavy atom. The average Bonchev–Trinajstić information content (AvgIpc) is 2.88. The van der Waals surface area contributed by atoms with Crippen LogP contribution in [0.2, 0.25) is 0 Å². The van der Waals surface area contributed by atoms with Gasteiger partial charge in [-0.3, -0.25) is 4.79 Å². The van der Waals surface area contributed by atoms with E-state index in [4.69, 9.17) is 10.8 Å². The number of carbonyl (C=O) groups is 3. The van der Waals surface area contributed by atoms with Gasteiger partial charge in [-0.15, -0.1) is 11.3 Å². The average molecular weight is 340 g/mol. The molecule has 0 aliphatic carbocycles. The number of carbonyl (C=O) groups excluding carboxylic acids is 2. The Labute approximate surface area is 137 Å². The maximum absolute atomic E-state index is 12.1. The smallest absolute Gasteiger partial charge is 0.347 e. The monoisotopic (exact) mass is 340 g/mol. The quantitative estimate of drug-likeness (QED) is 0.723. The minimum atomic E-state index is -0.982. The Kier molecular flexibility index (Phi) is 5.54. The van der Waals surface area contributed by atoms with Crippen molar-refractivity contribution in [2.75, 3.05) is 19.6 Å². The van der Waals surface area contributed by atoms with Gasteiger partial charge in [0, 0.05) is 26.1 Å². The fraction of sp³-hybridized carbons (Fsp3) is 0.571. The number of rotatable bonds is 5. The molecule has 1 atom stereocenters. The number of thiazole rings is 1. The van der Waals surface area contributed by atoms with E-state index < -0.39 is 12.0 Å². The van der Waals surface area contributed by atoms with Crippen molar-refractivity contribution in [3.8, 4) is 0 Å². The van der Waals surface area contributed by atoms with Gasteiger partial charge in [-0.1, -0.05) is 0 Å². The molecule has 0 saturated carbocycles. The van der Waals surface area contributed by atoms with Crippen molar-refractivity contribution in [2.24, 2.45) is 11.7 Å². The van der Waals surface area contributed by atoms with Crippen LogP contribution in [0.1, 0.15) is 33.2 Å². The zero-order valence-electron chi connectivity index (χ0n) is 12.9. The second-order valence-electron chi connectivity index (χ2n) is 5.49. The lowest BCUT2D eigenvalue weighted by Crippen LogP contribution is -2.47. The molecule has 8 nitrogen and oxygen atoms in total. The second-order valence-corrected chi connectivity index (χ2v) is 6.58. The zero-order chi connectivity index (χ0) is 17.0. The number of likely N-dealkylation sites (tertiary alicyclic amines) is 1. The van der Waals surface area contributed by atoms with E-state index in [1.54, 1.807) is 6.92 Å². The van der Waals surface area contributed by atoms with Crippen LogP contribution < -0.4 is 11.1 Å². The summed E-state index contributed by atoms with van der Waals surface area (Å²) in [5, 5.41) is 12.5. The fourth-order valence-corrected chi connectivity index (χ4v) is 3.49. The highest BCUT2D eigenvalue weighted by Crippen LogP contribution is 2.19. The lowest BCUT2D eigenvalue weighted by atomic mass is 9.97. The molecule has 9 heteroatoms. The molecule has 1 fully saturated rings. The number of hydrogen-bond acceptors (Lipinski definition) is 5. The predicted octanol–water partition coefficient (Wildman–Crippen LogP) is 0.599. The summed E-state index contributed by atoms with van der Waals surface area (Å²) in [7, 11) is 0. The van der Waals surface area contributed by atoms with Gasteiger partial charge in [-0.2, -0.15) is 0 Å². The first-order chi connectivity index (χ1) is 10.9. The van der Waals surface area contributed by atoms with Gasteiger partial charge in [0.25, 0.3) is 0 Å². The first kappa shape index (κ1) is 17.2. The number of aryl methyl sites for hydroxylation is 1. The standard InChI is InChI=1S/C14H20N4O4S/c1-8-11(13(20)21)23-10(17-8)4-5-16-12(19)9-3-2-6-18(7-9)14(15)22/h9H,2-7H2,1H3,(H2,15,22)(H,16,19)(H,20,21)/t9-/m1/s1. The van der Waals surface area contributed by atoms with Crippen LogP contribution in [0.15, 0.2) is 0 Å². The number of nitrogens with zero attached hydrogens (tertiary/aromatic N) is 2. The molecular formula is C14H20N4O4S. The number of nitrogens with two attached hydrogens (primary N) is 1. The number of hydrogen-bond donors (Lipinski definition) is 3. The van der Waals surface area contributed by atoms with E-state index in [1.165, 1.54) is 4.90 Å². The van der Waals surface area contributed by atoms with Crippen LogP contribution in [-0.2, 0) is 11.2 Å². The molecule has 1 aliphatic rings. The van der Waals surface area contributed by atoms with Crippen LogP contribution in [0.4, 0.5) is 4.79 Å². The molecule has 23 heavy (non-hydrogen) atoms. The Balaban J connectivity index is 1.81. The van der Waals surface area contributed by atoms with Crippen molar-refractivity contribution in [3.05, 3.63) is 15.6 Å². The van der Waals surface area contributed by atoms with Crippen molar-refractivity contribution < 1.29 is 19.5 Å². The minimum Gasteiger partial charge on any atom is -0.477 e. The molecule has 0 bridgehead atoms. The molecule has 0 aromatic carbocycles. The van der Waals surface area contributed by atoms with E-state index in [1.807, 2.05) is 0 Å². The van der Waals surface area contributed by atoms with E-state index in [0.29, 0.717) is 36.8 Å². The van der Waals surface area contributed by atoms with Gasteiger partial charge in [-0.25, -0.2) is 14.6 Å². The molecule has 126 valence electrons. The van der Waals surface area contributed by atoms with Crippen molar-refractivity contribution in [1.29, 1.82) is 0 Å². The maximum atomic E-state index is 12.1. The van der Waals surface area contributed by atoms with Crippen LogP contribution in [0.25, 0.3) is 0 Å². The normalized spacial score (nSPS) is 17.8. The number of aromatic carboxylic acids is 1. The third kappa shape index (κ3) is 4.41. The zero-order valence-corrected chi connectivity index (χ0v) is 13.7. The van der Waals surface area contributed by atoms with Gasteiger partial charge in [0.15, 0.2) is 0 Å². The summed E-state index contributed by atoms with van der Waals surface area (Å²) in [5.74, 6) is -1.34. The molecular weight excluding hydrogens is 320 g/mol. The molecule has 0 radical (unpaired) electrons. The summed E-state index contributed by atoms with van der Waals surface area (Å²) in [6.45, 7) is 2.98. The molecule has 1 aliphatic heterocycles. The first-order valence-electron chi connectivity index (χ1n) is 7.40. The van der Waals surface area contributed by atoms with Gasteiger partial charge >= 0.3 is 12.0 Å². The minimum absolute atomic E-state index is 0.109. The largest absolute Gasteiger partial charge is 0.477 e. The Morgan fingerprint density at radius 3 is 2.83 bits per heavy atom. The number of carboxylic acids is 1. The summed E-state index contributed by atoms with van der Waals surface area (Å²) >= 11 is 1.13. The van der Waals surface area contributed by atoms with E-state index in [-0.39, 0.29) is 16.7 Å². The highest BCUT2D eigenvalue weighted by Gasteiger charge is 2.27. The number of carboxylic acid groups (broad SMARTS) is 1. The first-order valence-corrected chi connectivity index (χ1v) is 8.21. The number of amides is 3. The maximum Gasteiger partial charge on any atom is 0.347 e. The molecule has 2 rings (SSSR count). The number of piperidine rings is 1. The van der Waals surface area contributed by atoms with Crippen molar-refractivity contribution in [3.63, 3.8) is 0 Å². The Morgan fingerprint density at radius 2 is 2.22 bits per heavy atom. The summed E-state index contributed by atoms with van der Waals surface area (Å²) in [4.78, 5) is 40.2. The highest BCUT2D eigenvalue weighted by atomic mass is 32.1. The van der Waals surface area contributed by atoms with E-state index >= 15 is 0 Å². The highest BCUT2D eigenvalue weighted by molar-refractivity contribution is 7.13. The van der Waals surface area contributed by atoms with Gasteiger partial charge in [0.2, 0.25) is 5.91 Å². The summed E-state index contributed by atoms with van der Waals surface area (Å²) in [5.41, 5.74) is 5.74. The van der Waals surface area contributed by atoms with Crippen LogP contribution in [0, 0.1) is 12.8 Å². The van der Waals surface area contributed by atoms with Gasteiger partial charge in [0.1, 0.15) is 4.88 Å². The lowest BCUT2D eigenvalue weighted by Gasteiger charge is -2.30. The van der Waals surface area contributed by atoms with E-state index in [0.717, 1.165) is 24.2 Å². The molecule has 0 unspecified atom stereocenters. The van der Waals surface area contributed by atoms with Crippen LogP contribution in [-0.4, -0.2) is 52.5 Å². The van der Waals surface area contributed by atoms with Crippen molar-refractivity contribution in [1.82, 2.24) is 15.2 Å². The number of aromatic nitrogens is 1. The van der Waals surface area contributed by atoms with Gasteiger partial charge in [0.05, 0.1) is 16.6 Å². The molecule has 4 N–H and O–H groups in total. The fourth-order valence-electron chi connectivity index (χ4n) is 2.59. The summed E-state index contributed by atoms with van der Waals surface area (Å²) < 4.78 is 0. The number of urea groups is 1. The Hall–Kier alpha value is -2.16. The molecule has 0 spiro atoms. The summed E-state index contributed by atoms with van der Waals surface area (Å²) in [6, 6.07) is -0.498. The Bertz CT molecular complexity index is 616. The molecule has 1 saturated heterocycles. The van der Waals surface area contributed by atoms with Crippen molar-refractivity contribution >= 4 is 29.2 Å². The summed E-state index contributed by atoms with van der Waals surface area (Å²) in [6.07, 6.45) is 1.97. The van der Waals surface area contributed by atoms with E-state index in [9.17, 15) is 14.4 Å². The third-order valence-electron chi connectivity index (χ3n) is 3.78. The van der Waals surface area contributed by atoms with Gasteiger partial charge < -0.3 is 21.1 Å². The lowest BCUT2D eigenvalue weighted by molar-refractivity contribution is -0.126. The van der Waals surface area contributed by atoms with Gasteiger partial charge in [-0.05, 0) is 19.8 Å². The van der Waals surface area contributed by atoms with Crippen molar-refractivity contribution in [2.45, 2.75) is 26.2 Å². The number of nitrogens with one attached hydrogen (secondary N) is 1. The number of primary amides is 1. The molecule has 1 aromatic rings.